The lowest BCUT2D eigenvalue weighted by atomic mass is 10.2. The molecule has 0 atom stereocenters. The number of methoxy groups -OCH3 is 1. The Hall–Kier alpha value is -3.61. The number of nitrogens with one attached hydrogen (secondary N) is 3. The van der Waals surface area contributed by atoms with Gasteiger partial charge in [0.05, 0.1) is 7.11 Å². The molecule has 0 aliphatic heterocycles. The van der Waals surface area contributed by atoms with Crippen LogP contribution in [0.2, 0.25) is 0 Å². The maximum absolute atomic E-state index is 12.7. The van der Waals surface area contributed by atoms with Gasteiger partial charge in [0.1, 0.15) is 17.3 Å². The van der Waals surface area contributed by atoms with Crippen molar-refractivity contribution in [1.82, 2.24) is 20.2 Å². The van der Waals surface area contributed by atoms with E-state index in [2.05, 4.69) is 25.5 Å². The second-order valence-corrected chi connectivity index (χ2v) is 6.99. The van der Waals surface area contributed by atoms with Gasteiger partial charge in [0.2, 0.25) is 0 Å². The molecule has 0 radical (unpaired) electrons. The highest BCUT2D eigenvalue weighted by molar-refractivity contribution is 6.06. The van der Waals surface area contributed by atoms with E-state index < -0.39 is 0 Å². The molecule has 0 unspecified atom stereocenters. The van der Waals surface area contributed by atoms with Crippen molar-refractivity contribution in [2.75, 3.05) is 12.4 Å². The van der Waals surface area contributed by atoms with E-state index in [9.17, 15) is 4.79 Å². The van der Waals surface area contributed by atoms with Gasteiger partial charge in [-0.1, -0.05) is 12.1 Å². The summed E-state index contributed by atoms with van der Waals surface area (Å²) in [5, 5.41) is 11.2. The van der Waals surface area contributed by atoms with Crippen LogP contribution in [0, 0.1) is 0 Å². The third-order valence-electron chi connectivity index (χ3n) is 4.92. The Morgan fingerprint density at radius 2 is 2.07 bits per heavy atom. The number of H-pyrrole nitrogens is 2. The largest absolute Gasteiger partial charge is 0.497 e. The van der Waals surface area contributed by atoms with Crippen molar-refractivity contribution in [2.45, 2.75) is 18.8 Å². The zero-order valence-electron chi connectivity index (χ0n) is 15.3. The molecular weight excluding hydrogens is 354 g/mol. The van der Waals surface area contributed by atoms with Crippen molar-refractivity contribution < 1.29 is 9.53 Å². The van der Waals surface area contributed by atoms with Crippen LogP contribution in [0.15, 0.2) is 48.5 Å². The fourth-order valence-electron chi connectivity index (χ4n) is 3.23. The Labute approximate surface area is 161 Å². The Morgan fingerprint density at radius 3 is 2.89 bits per heavy atom. The second-order valence-electron chi connectivity index (χ2n) is 6.99. The van der Waals surface area contributed by atoms with E-state index in [0.29, 0.717) is 23.1 Å². The number of amides is 1. The van der Waals surface area contributed by atoms with Gasteiger partial charge in [-0.2, -0.15) is 5.10 Å². The Morgan fingerprint density at radius 1 is 1.18 bits per heavy atom. The zero-order chi connectivity index (χ0) is 19.1. The third kappa shape index (κ3) is 3.11. The maximum atomic E-state index is 12.7. The number of benzene rings is 2. The fourth-order valence-corrected chi connectivity index (χ4v) is 3.23. The standard InChI is InChI=1S/C21H19N5O2/c1-28-16-8-7-13-10-18(23-17(13)11-16)21(27)22-15-4-2-3-14(9-15)20-24-19(25-26-20)12-5-6-12/h2-4,7-12,23H,5-6H2,1H3,(H,22,27)(H,24,25,26). The lowest BCUT2D eigenvalue weighted by Gasteiger charge is -2.05. The minimum absolute atomic E-state index is 0.207. The van der Waals surface area contributed by atoms with Gasteiger partial charge in [0.25, 0.3) is 5.91 Å². The molecular formula is C21H19N5O2. The first-order chi connectivity index (χ1) is 13.7. The van der Waals surface area contributed by atoms with Gasteiger partial charge < -0.3 is 15.0 Å². The molecule has 0 bridgehead atoms. The van der Waals surface area contributed by atoms with Gasteiger partial charge in [-0.25, -0.2) is 4.98 Å². The molecule has 140 valence electrons. The third-order valence-corrected chi connectivity index (χ3v) is 4.92. The van der Waals surface area contributed by atoms with Crippen LogP contribution < -0.4 is 10.1 Å². The molecule has 3 N–H and O–H groups in total. The van der Waals surface area contributed by atoms with Gasteiger partial charge in [0, 0.05) is 34.1 Å². The second kappa shape index (κ2) is 6.53. The molecule has 0 spiro atoms. The number of aromatic amines is 2. The van der Waals surface area contributed by atoms with Crippen LogP contribution >= 0.6 is 0 Å². The molecule has 28 heavy (non-hydrogen) atoms. The lowest BCUT2D eigenvalue weighted by molar-refractivity contribution is 0.102. The quantitative estimate of drug-likeness (QED) is 0.491. The molecule has 7 heteroatoms. The molecule has 2 heterocycles. The van der Waals surface area contributed by atoms with E-state index in [4.69, 9.17) is 4.74 Å². The topological polar surface area (TPSA) is 95.7 Å². The number of carbonyl (C=O) groups is 1. The van der Waals surface area contributed by atoms with Crippen molar-refractivity contribution >= 4 is 22.5 Å². The predicted molar refractivity (Wildman–Crippen MR) is 107 cm³/mol. The molecule has 1 aliphatic rings. The van der Waals surface area contributed by atoms with Crippen molar-refractivity contribution in [3.05, 3.63) is 60.0 Å². The van der Waals surface area contributed by atoms with Crippen molar-refractivity contribution in [2.24, 2.45) is 0 Å². The highest BCUT2D eigenvalue weighted by atomic mass is 16.5. The Bertz CT molecular complexity index is 1170. The molecule has 0 saturated heterocycles. The molecule has 2 aromatic heterocycles. The highest BCUT2D eigenvalue weighted by Crippen LogP contribution is 2.38. The Kier molecular flexibility index (Phi) is 3.86. The number of carbonyl (C=O) groups excluding carboxylic acids is 1. The van der Waals surface area contributed by atoms with Crippen LogP contribution in [-0.2, 0) is 0 Å². The maximum Gasteiger partial charge on any atom is 0.272 e. The number of hydrogen-bond donors (Lipinski definition) is 3. The van der Waals surface area contributed by atoms with E-state index in [-0.39, 0.29) is 5.91 Å². The predicted octanol–water partition coefficient (Wildman–Crippen LogP) is 4.09. The van der Waals surface area contributed by atoms with Crippen molar-refractivity contribution in [1.29, 1.82) is 0 Å². The molecule has 1 aliphatic carbocycles. The van der Waals surface area contributed by atoms with Gasteiger partial charge in [-0.3, -0.25) is 9.89 Å². The summed E-state index contributed by atoms with van der Waals surface area (Å²) >= 11 is 0. The van der Waals surface area contributed by atoms with Crippen molar-refractivity contribution in [3.8, 4) is 17.1 Å². The Balaban J connectivity index is 1.37. The number of aromatic nitrogens is 4. The molecule has 4 aromatic rings. The monoisotopic (exact) mass is 373 g/mol. The summed E-state index contributed by atoms with van der Waals surface area (Å²) in [7, 11) is 1.62. The molecule has 1 saturated carbocycles. The van der Waals surface area contributed by atoms with E-state index in [1.807, 2.05) is 48.5 Å². The number of nitrogens with zero attached hydrogens (tertiary/aromatic N) is 2. The minimum atomic E-state index is -0.207. The van der Waals surface area contributed by atoms with Crippen LogP contribution in [0.1, 0.15) is 35.1 Å². The van der Waals surface area contributed by atoms with E-state index in [0.717, 1.165) is 28.0 Å². The van der Waals surface area contributed by atoms with Gasteiger partial charge in [0.15, 0.2) is 5.82 Å². The first-order valence-electron chi connectivity index (χ1n) is 9.20. The summed E-state index contributed by atoms with van der Waals surface area (Å²) in [6, 6.07) is 15.0. The lowest BCUT2D eigenvalue weighted by Crippen LogP contribution is -2.12. The summed E-state index contributed by atoms with van der Waals surface area (Å²) in [5.41, 5.74) is 2.90. The summed E-state index contributed by atoms with van der Waals surface area (Å²) in [4.78, 5) is 20.4. The molecule has 1 fully saturated rings. The van der Waals surface area contributed by atoms with Crippen LogP contribution in [0.5, 0.6) is 5.75 Å². The van der Waals surface area contributed by atoms with E-state index in [1.54, 1.807) is 7.11 Å². The van der Waals surface area contributed by atoms with E-state index >= 15 is 0 Å². The molecule has 7 nitrogen and oxygen atoms in total. The van der Waals surface area contributed by atoms with Gasteiger partial charge >= 0.3 is 0 Å². The SMILES string of the molecule is COc1ccc2cc(C(=O)Nc3cccc(-c4n[nH]c(C5CC5)n4)c3)[nH]c2c1. The number of ether oxygens (including phenoxy) is 1. The normalized spacial score (nSPS) is 13.6. The van der Waals surface area contributed by atoms with Gasteiger partial charge in [-0.05, 0) is 43.2 Å². The smallest absolute Gasteiger partial charge is 0.272 e. The number of anilines is 1. The number of hydrogen-bond acceptors (Lipinski definition) is 4. The van der Waals surface area contributed by atoms with Crippen molar-refractivity contribution in [3.63, 3.8) is 0 Å². The summed E-state index contributed by atoms with van der Waals surface area (Å²) < 4.78 is 5.23. The summed E-state index contributed by atoms with van der Waals surface area (Å²) in [5.74, 6) is 2.64. The van der Waals surface area contributed by atoms with Crippen LogP contribution in [0.3, 0.4) is 0 Å². The molecule has 2 aromatic carbocycles. The fraction of sp³-hybridized carbons (Fsp3) is 0.190. The summed E-state index contributed by atoms with van der Waals surface area (Å²) in [6.07, 6.45) is 2.34. The average Bonchev–Trinajstić information content (AvgIpc) is 3.28. The molecule has 5 rings (SSSR count). The van der Waals surface area contributed by atoms with Crippen LogP contribution in [-0.4, -0.2) is 33.2 Å². The number of rotatable bonds is 5. The number of fused-ring (bicyclic) bond motifs is 1. The highest BCUT2D eigenvalue weighted by Gasteiger charge is 2.27. The summed E-state index contributed by atoms with van der Waals surface area (Å²) in [6.45, 7) is 0. The minimum Gasteiger partial charge on any atom is -0.497 e. The first-order valence-corrected chi connectivity index (χ1v) is 9.20. The van der Waals surface area contributed by atoms with Crippen LogP contribution in [0.4, 0.5) is 5.69 Å². The van der Waals surface area contributed by atoms with E-state index in [1.165, 1.54) is 12.8 Å². The first kappa shape index (κ1) is 16.6. The van der Waals surface area contributed by atoms with Gasteiger partial charge in [-0.15, -0.1) is 0 Å². The molecule has 1 amide bonds. The average molecular weight is 373 g/mol. The van der Waals surface area contributed by atoms with Crippen LogP contribution in [0.25, 0.3) is 22.3 Å². The zero-order valence-corrected chi connectivity index (χ0v) is 15.3.